The van der Waals surface area contributed by atoms with Gasteiger partial charge in [-0.1, -0.05) is 30.3 Å². The molecule has 38 heavy (non-hydrogen) atoms. The van der Waals surface area contributed by atoms with Crippen molar-refractivity contribution < 1.29 is 23.7 Å². The van der Waals surface area contributed by atoms with Gasteiger partial charge in [-0.15, -0.1) is 0 Å². The molecule has 0 N–H and O–H groups in total. The molecule has 0 aliphatic carbocycles. The van der Waals surface area contributed by atoms with Gasteiger partial charge in [-0.3, -0.25) is 9.69 Å². The van der Waals surface area contributed by atoms with Crippen LogP contribution in [0.4, 0.5) is 0 Å². The van der Waals surface area contributed by atoms with E-state index < -0.39 is 0 Å². The molecule has 0 fully saturated rings. The molecule has 7 heteroatoms. The van der Waals surface area contributed by atoms with Gasteiger partial charge in [0.1, 0.15) is 12.4 Å². The van der Waals surface area contributed by atoms with E-state index in [0.717, 1.165) is 59.6 Å². The standard InChI is InChI=1S/C31H32N2O5/c1-20(34)38-19-33-27-10-9-23(35-2)14-25(27)26-15-28-24-16-31(37-18-21-7-5-4-6-8-21)30(36-3)13-22(24)11-12-32(28)17-29(26)33/h4-10,13-14,16,28H,11-12,15,17-19H2,1-3H3. The number of hydrogen-bond donors (Lipinski definition) is 0. The lowest BCUT2D eigenvalue weighted by molar-refractivity contribution is -0.144. The van der Waals surface area contributed by atoms with Crippen LogP contribution < -0.4 is 14.2 Å². The average Bonchev–Trinajstić information content (AvgIpc) is 3.25. The lowest BCUT2D eigenvalue weighted by atomic mass is 9.85. The number of hydrogen-bond acceptors (Lipinski definition) is 6. The molecule has 0 radical (unpaired) electrons. The second-order valence-corrected chi connectivity index (χ2v) is 9.92. The predicted molar refractivity (Wildman–Crippen MR) is 145 cm³/mol. The molecule has 0 bridgehead atoms. The topological polar surface area (TPSA) is 62.2 Å². The Balaban J connectivity index is 1.38. The number of carbonyl (C=O) groups is 1. The molecule has 0 spiro atoms. The Morgan fingerprint density at radius 1 is 1.00 bits per heavy atom. The molecule has 4 aromatic rings. The Kier molecular flexibility index (Phi) is 6.45. The van der Waals surface area contributed by atoms with Gasteiger partial charge in [0.05, 0.1) is 19.7 Å². The molecule has 7 nitrogen and oxygen atoms in total. The van der Waals surface area contributed by atoms with E-state index in [1.807, 2.05) is 24.3 Å². The summed E-state index contributed by atoms with van der Waals surface area (Å²) < 4.78 is 25.2. The number of nitrogens with zero attached hydrogens (tertiary/aromatic N) is 2. The summed E-state index contributed by atoms with van der Waals surface area (Å²) in [4.78, 5) is 14.2. The summed E-state index contributed by atoms with van der Waals surface area (Å²) in [6.45, 7) is 3.87. The predicted octanol–water partition coefficient (Wildman–Crippen LogP) is 5.41. The van der Waals surface area contributed by atoms with E-state index in [1.54, 1.807) is 14.2 Å². The molecule has 1 atom stereocenters. The van der Waals surface area contributed by atoms with Gasteiger partial charge in [0.2, 0.25) is 0 Å². The van der Waals surface area contributed by atoms with Crippen LogP contribution in [-0.2, 0) is 42.3 Å². The molecule has 6 rings (SSSR count). The van der Waals surface area contributed by atoms with Gasteiger partial charge in [0.25, 0.3) is 0 Å². The Morgan fingerprint density at radius 2 is 1.84 bits per heavy atom. The molecule has 2 aliphatic heterocycles. The number of benzene rings is 3. The minimum absolute atomic E-state index is 0.206. The van der Waals surface area contributed by atoms with Crippen molar-refractivity contribution in [2.24, 2.45) is 0 Å². The van der Waals surface area contributed by atoms with Crippen molar-refractivity contribution in [3.63, 3.8) is 0 Å². The Hall–Kier alpha value is -3.97. The molecule has 0 saturated carbocycles. The van der Waals surface area contributed by atoms with Crippen LogP contribution >= 0.6 is 0 Å². The molecule has 0 saturated heterocycles. The van der Waals surface area contributed by atoms with Gasteiger partial charge in [0, 0.05) is 37.1 Å². The zero-order valence-electron chi connectivity index (χ0n) is 22.0. The summed E-state index contributed by atoms with van der Waals surface area (Å²) in [7, 11) is 3.39. The van der Waals surface area contributed by atoms with Crippen LogP contribution in [0, 0.1) is 0 Å². The molecular weight excluding hydrogens is 480 g/mol. The molecule has 1 aromatic heterocycles. The smallest absolute Gasteiger partial charge is 0.304 e. The normalized spacial score (nSPS) is 16.3. The number of ether oxygens (including phenoxy) is 4. The zero-order valence-corrected chi connectivity index (χ0v) is 22.0. The van der Waals surface area contributed by atoms with Crippen LogP contribution in [0.25, 0.3) is 10.9 Å². The molecule has 3 aromatic carbocycles. The molecular formula is C31H32N2O5. The van der Waals surface area contributed by atoms with E-state index in [4.69, 9.17) is 18.9 Å². The fraction of sp³-hybridized carbons (Fsp3) is 0.323. The van der Waals surface area contributed by atoms with E-state index in [-0.39, 0.29) is 18.7 Å². The number of fused-ring (bicyclic) bond motifs is 6. The summed E-state index contributed by atoms with van der Waals surface area (Å²) in [5.41, 5.74) is 7.24. The third kappa shape index (κ3) is 4.37. The van der Waals surface area contributed by atoms with Crippen LogP contribution in [0.3, 0.4) is 0 Å². The summed E-state index contributed by atoms with van der Waals surface area (Å²) in [6, 6.07) is 20.8. The Labute approximate surface area is 222 Å². The third-order valence-electron chi connectivity index (χ3n) is 7.77. The van der Waals surface area contributed by atoms with Gasteiger partial charge in [-0.25, -0.2) is 0 Å². The molecule has 3 heterocycles. The summed E-state index contributed by atoms with van der Waals surface area (Å²) in [6.07, 6.45) is 1.79. The maximum Gasteiger partial charge on any atom is 0.304 e. The van der Waals surface area contributed by atoms with Crippen molar-refractivity contribution in [2.45, 2.75) is 45.7 Å². The lowest BCUT2D eigenvalue weighted by Gasteiger charge is -2.41. The first kappa shape index (κ1) is 24.4. The highest BCUT2D eigenvalue weighted by Gasteiger charge is 2.36. The molecule has 0 amide bonds. The quantitative estimate of drug-likeness (QED) is 0.309. The Morgan fingerprint density at radius 3 is 2.61 bits per heavy atom. The van der Waals surface area contributed by atoms with E-state index >= 15 is 0 Å². The summed E-state index contributed by atoms with van der Waals surface area (Å²) in [5.74, 6) is 2.07. The highest BCUT2D eigenvalue weighted by atomic mass is 16.5. The number of esters is 1. The monoisotopic (exact) mass is 512 g/mol. The number of methoxy groups -OCH3 is 2. The van der Waals surface area contributed by atoms with Crippen molar-refractivity contribution in [3.05, 3.63) is 88.6 Å². The van der Waals surface area contributed by atoms with E-state index in [9.17, 15) is 4.79 Å². The van der Waals surface area contributed by atoms with Crippen molar-refractivity contribution in [2.75, 3.05) is 20.8 Å². The van der Waals surface area contributed by atoms with E-state index in [1.165, 1.54) is 29.3 Å². The Bertz CT molecular complexity index is 1490. The van der Waals surface area contributed by atoms with Crippen molar-refractivity contribution >= 4 is 16.9 Å². The van der Waals surface area contributed by atoms with Crippen LogP contribution in [0.5, 0.6) is 17.2 Å². The van der Waals surface area contributed by atoms with Crippen molar-refractivity contribution in [3.8, 4) is 17.2 Å². The zero-order chi connectivity index (χ0) is 26.2. The second-order valence-electron chi connectivity index (χ2n) is 9.92. The van der Waals surface area contributed by atoms with Gasteiger partial charge >= 0.3 is 5.97 Å². The van der Waals surface area contributed by atoms with Crippen LogP contribution in [-0.4, -0.2) is 36.2 Å². The average molecular weight is 513 g/mol. The minimum Gasteiger partial charge on any atom is -0.497 e. The first-order valence-electron chi connectivity index (χ1n) is 13.0. The lowest BCUT2D eigenvalue weighted by Crippen LogP contribution is -2.40. The highest BCUT2D eigenvalue weighted by Crippen LogP contribution is 2.45. The van der Waals surface area contributed by atoms with Crippen molar-refractivity contribution in [1.29, 1.82) is 0 Å². The molecule has 1 unspecified atom stereocenters. The van der Waals surface area contributed by atoms with Crippen LogP contribution in [0.15, 0.2) is 60.7 Å². The molecule has 196 valence electrons. The molecule has 2 aliphatic rings. The largest absolute Gasteiger partial charge is 0.497 e. The number of rotatable bonds is 7. The van der Waals surface area contributed by atoms with E-state index in [0.29, 0.717) is 6.61 Å². The third-order valence-corrected chi connectivity index (χ3v) is 7.77. The van der Waals surface area contributed by atoms with Crippen LogP contribution in [0.1, 0.15) is 40.9 Å². The fourth-order valence-electron chi connectivity index (χ4n) is 5.88. The first-order chi connectivity index (χ1) is 18.6. The van der Waals surface area contributed by atoms with Crippen molar-refractivity contribution in [1.82, 2.24) is 9.47 Å². The van der Waals surface area contributed by atoms with Gasteiger partial charge in [-0.05, 0) is 65.4 Å². The second kappa shape index (κ2) is 10.1. The number of aromatic nitrogens is 1. The van der Waals surface area contributed by atoms with E-state index in [2.05, 4.69) is 45.9 Å². The SMILES string of the molecule is COc1ccc2c(c1)c1c(n2COC(C)=O)CN2CCc3cc(OC)c(OCc4ccccc4)cc3C2C1. The maximum absolute atomic E-state index is 11.6. The minimum atomic E-state index is -0.285. The fourth-order valence-corrected chi connectivity index (χ4v) is 5.88. The summed E-state index contributed by atoms with van der Waals surface area (Å²) in [5, 5.41) is 1.15. The first-order valence-corrected chi connectivity index (χ1v) is 13.0. The highest BCUT2D eigenvalue weighted by molar-refractivity contribution is 5.87. The van der Waals surface area contributed by atoms with Gasteiger partial charge < -0.3 is 23.5 Å². The van der Waals surface area contributed by atoms with Gasteiger partial charge in [-0.2, -0.15) is 0 Å². The summed E-state index contributed by atoms with van der Waals surface area (Å²) >= 11 is 0. The van der Waals surface area contributed by atoms with Crippen LogP contribution in [0.2, 0.25) is 0 Å². The number of carbonyl (C=O) groups excluding carboxylic acids is 1. The van der Waals surface area contributed by atoms with Gasteiger partial charge in [0.15, 0.2) is 18.2 Å². The maximum atomic E-state index is 11.6.